The Bertz CT molecular complexity index is 760. The molecule has 1 fully saturated rings. The monoisotopic (exact) mass is 397 g/mol. The van der Waals surface area contributed by atoms with Gasteiger partial charge in [-0.05, 0) is 42.7 Å². The second kappa shape index (κ2) is 9.06. The lowest BCUT2D eigenvalue weighted by atomic mass is 9.75. The maximum Gasteiger partial charge on any atom is 0.250 e. The van der Waals surface area contributed by atoms with Gasteiger partial charge < -0.3 is 14.8 Å². The van der Waals surface area contributed by atoms with Crippen LogP contribution in [0.15, 0.2) is 23.1 Å². The van der Waals surface area contributed by atoms with Crippen molar-refractivity contribution in [1.29, 1.82) is 0 Å². The highest BCUT2D eigenvalue weighted by Crippen LogP contribution is 2.35. The van der Waals surface area contributed by atoms with E-state index in [9.17, 15) is 13.2 Å². The molecule has 0 radical (unpaired) electrons. The number of sulfone groups is 1. The predicted octanol–water partition coefficient (Wildman–Crippen LogP) is 3.51. The fraction of sp³-hybridized carbons (Fsp3) is 0.650. The van der Waals surface area contributed by atoms with Crippen LogP contribution in [-0.4, -0.2) is 40.4 Å². The highest BCUT2D eigenvalue weighted by atomic mass is 32.2. The van der Waals surface area contributed by atoms with E-state index in [1.165, 1.54) is 25.7 Å². The van der Waals surface area contributed by atoms with Crippen LogP contribution in [-0.2, 0) is 19.4 Å². The molecule has 0 heterocycles. The first-order chi connectivity index (χ1) is 12.6. The summed E-state index contributed by atoms with van der Waals surface area (Å²) in [6, 6.07) is 4.44. The van der Waals surface area contributed by atoms with Gasteiger partial charge in [-0.1, -0.05) is 27.2 Å². The summed E-state index contributed by atoms with van der Waals surface area (Å²) in [6.07, 6.45) is 4.49. The van der Waals surface area contributed by atoms with Crippen LogP contribution in [0.5, 0.6) is 5.75 Å². The zero-order valence-electron chi connectivity index (χ0n) is 16.8. The first-order valence-electron chi connectivity index (χ1n) is 9.40. The maximum absolute atomic E-state index is 12.3. The van der Waals surface area contributed by atoms with Crippen molar-refractivity contribution in [1.82, 2.24) is 0 Å². The van der Waals surface area contributed by atoms with Crippen LogP contribution < -0.4 is 10.1 Å². The third-order valence-electron chi connectivity index (χ3n) is 5.22. The van der Waals surface area contributed by atoms with Crippen molar-refractivity contribution in [3.05, 3.63) is 18.2 Å². The molecule has 152 valence electrons. The molecule has 3 unspecified atom stereocenters. The van der Waals surface area contributed by atoms with Crippen LogP contribution in [0, 0.1) is 17.8 Å². The van der Waals surface area contributed by atoms with E-state index in [-0.39, 0.29) is 23.5 Å². The predicted molar refractivity (Wildman–Crippen MR) is 106 cm³/mol. The number of rotatable bonds is 7. The molecule has 0 bridgehead atoms. The van der Waals surface area contributed by atoms with Crippen molar-refractivity contribution in [3.8, 4) is 5.75 Å². The molecule has 3 atom stereocenters. The van der Waals surface area contributed by atoms with Crippen molar-refractivity contribution in [2.45, 2.75) is 51.0 Å². The summed E-state index contributed by atoms with van der Waals surface area (Å²) < 4.78 is 34.7. The van der Waals surface area contributed by atoms with E-state index in [0.717, 1.165) is 19.1 Å². The first-order valence-corrected chi connectivity index (χ1v) is 11.3. The van der Waals surface area contributed by atoms with Crippen molar-refractivity contribution in [3.63, 3.8) is 0 Å². The standard InChI is InChI=1S/C20H31NO5S/c1-13(2)18-7-6-14(3)8-19(18)26-12-20(22)21-15-9-16(25-4)11-17(10-15)27(5,23)24/h9-11,13-14,18-19H,6-8,12H2,1-5H3,(H,21,22). The Kier molecular flexibility index (Phi) is 7.28. The van der Waals surface area contributed by atoms with E-state index in [0.29, 0.717) is 29.2 Å². The summed E-state index contributed by atoms with van der Waals surface area (Å²) in [7, 11) is -1.96. The van der Waals surface area contributed by atoms with E-state index in [1.807, 2.05) is 0 Å². The lowest BCUT2D eigenvalue weighted by Gasteiger charge is -2.37. The van der Waals surface area contributed by atoms with Gasteiger partial charge in [0, 0.05) is 18.0 Å². The summed E-state index contributed by atoms with van der Waals surface area (Å²) >= 11 is 0. The van der Waals surface area contributed by atoms with Crippen LogP contribution in [0.3, 0.4) is 0 Å². The molecular formula is C20H31NO5S. The van der Waals surface area contributed by atoms with E-state index in [2.05, 4.69) is 26.1 Å². The smallest absolute Gasteiger partial charge is 0.250 e. The number of ether oxygens (including phenoxy) is 2. The Labute approximate surface area is 162 Å². The van der Waals surface area contributed by atoms with Crippen LogP contribution >= 0.6 is 0 Å². The Balaban J connectivity index is 2.03. The minimum absolute atomic E-state index is 0.0496. The van der Waals surface area contributed by atoms with E-state index < -0.39 is 9.84 Å². The fourth-order valence-corrected chi connectivity index (χ4v) is 4.33. The molecule has 1 aromatic rings. The average Bonchev–Trinajstić information content (AvgIpc) is 2.58. The quantitative estimate of drug-likeness (QED) is 0.761. The van der Waals surface area contributed by atoms with Gasteiger partial charge in [-0.15, -0.1) is 0 Å². The van der Waals surface area contributed by atoms with Crippen molar-refractivity contribution in [2.75, 3.05) is 25.3 Å². The summed E-state index contributed by atoms with van der Waals surface area (Å²) in [6.45, 7) is 6.56. The number of amides is 1. The van der Waals surface area contributed by atoms with E-state index in [4.69, 9.17) is 9.47 Å². The van der Waals surface area contributed by atoms with Gasteiger partial charge in [0.1, 0.15) is 12.4 Å². The molecule has 7 heteroatoms. The van der Waals surface area contributed by atoms with Gasteiger partial charge in [-0.3, -0.25) is 4.79 Å². The third kappa shape index (κ3) is 6.21. The van der Waals surface area contributed by atoms with Gasteiger partial charge in [-0.25, -0.2) is 8.42 Å². The van der Waals surface area contributed by atoms with Crippen LogP contribution in [0.4, 0.5) is 5.69 Å². The fourth-order valence-electron chi connectivity index (χ4n) is 3.66. The molecule has 0 aromatic heterocycles. The van der Waals surface area contributed by atoms with Gasteiger partial charge in [0.25, 0.3) is 0 Å². The minimum Gasteiger partial charge on any atom is -0.497 e. The number of hydrogen-bond acceptors (Lipinski definition) is 5. The lowest BCUT2D eigenvalue weighted by Crippen LogP contribution is -2.36. The molecule has 1 aromatic carbocycles. The van der Waals surface area contributed by atoms with Gasteiger partial charge in [0.2, 0.25) is 5.91 Å². The molecule has 6 nitrogen and oxygen atoms in total. The molecule has 27 heavy (non-hydrogen) atoms. The average molecular weight is 398 g/mol. The third-order valence-corrected chi connectivity index (χ3v) is 6.31. The first kappa shape index (κ1) is 21.7. The largest absolute Gasteiger partial charge is 0.497 e. The molecule has 1 saturated carbocycles. The second-order valence-electron chi connectivity index (χ2n) is 7.89. The van der Waals surface area contributed by atoms with Gasteiger partial charge in [0.15, 0.2) is 9.84 Å². The molecule has 1 N–H and O–H groups in total. The SMILES string of the molecule is COc1cc(NC(=O)COC2CC(C)CCC2C(C)C)cc(S(C)(=O)=O)c1. The number of nitrogens with one attached hydrogen (secondary N) is 1. The van der Waals surface area contributed by atoms with Crippen LogP contribution in [0.25, 0.3) is 0 Å². The molecule has 2 rings (SSSR count). The topological polar surface area (TPSA) is 81.7 Å². The molecule has 0 aliphatic heterocycles. The summed E-state index contributed by atoms with van der Waals surface area (Å²) in [5.74, 6) is 1.64. The van der Waals surface area contributed by atoms with E-state index >= 15 is 0 Å². The molecule has 1 aliphatic rings. The Morgan fingerprint density at radius 1 is 1.26 bits per heavy atom. The van der Waals surface area contributed by atoms with Gasteiger partial charge >= 0.3 is 0 Å². The van der Waals surface area contributed by atoms with Crippen molar-refractivity contribution < 1.29 is 22.7 Å². The molecule has 1 aliphatic carbocycles. The lowest BCUT2D eigenvalue weighted by molar-refractivity contribution is -0.126. The van der Waals surface area contributed by atoms with Crippen LogP contribution in [0.1, 0.15) is 40.0 Å². The second-order valence-corrected chi connectivity index (χ2v) is 9.91. The number of benzene rings is 1. The van der Waals surface area contributed by atoms with E-state index in [1.54, 1.807) is 6.07 Å². The summed E-state index contributed by atoms with van der Waals surface area (Å²) in [5, 5.41) is 2.72. The van der Waals surface area contributed by atoms with Gasteiger partial charge in [-0.2, -0.15) is 0 Å². The number of carbonyl (C=O) groups excluding carboxylic acids is 1. The Hall–Kier alpha value is -1.60. The Morgan fingerprint density at radius 2 is 1.96 bits per heavy atom. The normalized spacial score (nSPS) is 23.3. The highest BCUT2D eigenvalue weighted by Gasteiger charge is 2.31. The summed E-state index contributed by atoms with van der Waals surface area (Å²) in [4.78, 5) is 12.4. The summed E-state index contributed by atoms with van der Waals surface area (Å²) in [5.41, 5.74) is 0.376. The zero-order chi connectivity index (χ0) is 20.2. The zero-order valence-corrected chi connectivity index (χ0v) is 17.6. The number of anilines is 1. The molecule has 1 amide bonds. The van der Waals surface area contributed by atoms with Crippen molar-refractivity contribution in [2.24, 2.45) is 17.8 Å². The highest BCUT2D eigenvalue weighted by molar-refractivity contribution is 7.90. The van der Waals surface area contributed by atoms with Crippen LogP contribution in [0.2, 0.25) is 0 Å². The molecule has 0 spiro atoms. The number of hydrogen-bond donors (Lipinski definition) is 1. The minimum atomic E-state index is -3.41. The molecule has 0 saturated heterocycles. The molecular weight excluding hydrogens is 366 g/mol. The Morgan fingerprint density at radius 3 is 2.56 bits per heavy atom. The maximum atomic E-state index is 12.3. The van der Waals surface area contributed by atoms with Crippen molar-refractivity contribution >= 4 is 21.4 Å². The van der Waals surface area contributed by atoms with Gasteiger partial charge in [0.05, 0.1) is 18.1 Å². The number of carbonyl (C=O) groups is 1. The number of methoxy groups -OCH3 is 1.